The van der Waals surface area contributed by atoms with Crippen LogP contribution in [-0.4, -0.2) is 25.0 Å². The molecule has 2 rings (SSSR count). The molecule has 0 bridgehead atoms. The summed E-state index contributed by atoms with van der Waals surface area (Å²) in [4.78, 5) is 23.5. The predicted molar refractivity (Wildman–Crippen MR) is 91.0 cm³/mol. The molecule has 0 saturated carbocycles. The maximum absolute atomic E-state index is 11.8. The van der Waals surface area contributed by atoms with Crippen molar-refractivity contribution in [3.05, 3.63) is 59.0 Å². The summed E-state index contributed by atoms with van der Waals surface area (Å²) in [5.74, 6) is 0.113. The molecule has 5 nitrogen and oxygen atoms in total. The Hall–Kier alpha value is -2.56. The Morgan fingerprint density at radius 1 is 1.17 bits per heavy atom. The van der Waals surface area contributed by atoms with Crippen molar-refractivity contribution < 1.29 is 18.7 Å². The molecule has 0 unspecified atom stereocenters. The molecule has 0 fully saturated rings. The first-order chi connectivity index (χ1) is 11.5. The number of benzene rings is 1. The fourth-order valence-electron chi connectivity index (χ4n) is 2.27. The van der Waals surface area contributed by atoms with Gasteiger partial charge in [0.05, 0.1) is 6.26 Å². The van der Waals surface area contributed by atoms with E-state index in [0.29, 0.717) is 23.8 Å². The van der Waals surface area contributed by atoms with E-state index in [1.165, 1.54) is 17.9 Å². The molecule has 1 heterocycles. The Morgan fingerprint density at radius 3 is 2.46 bits per heavy atom. The van der Waals surface area contributed by atoms with Crippen LogP contribution >= 0.6 is 0 Å². The van der Waals surface area contributed by atoms with Crippen LogP contribution in [0, 0.1) is 6.92 Å². The van der Waals surface area contributed by atoms with E-state index in [9.17, 15) is 9.59 Å². The van der Waals surface area contributed by atoms with Gasteiger partial charge in [-0.1, -0.05) is 38.1 Å². The minimum absolute atomic E-state index is 0.296. The molecule has 0 aliphatic rings. The van der Waals surface area contributed by atoms with E-state index < -0.39 is 5.97 Å². The van der Waals surface area contributed by atoms with E-state index in [1.807, 2.05) is 0 Å². The van der Waals surface area contributed by atoms with Gasteiger partial charge in [-0.2, -0.15) is 0 Å². The van der Waals surface area contributed by atoms with Crippen molar-refractivity contribution >= 4 is 11.9 Å². The highest BCUT2D eigenvalue weighted by atomic mass is 16.5. The second-order valence-electron chi connectivity index (χ2n) is 5.96. The van der Waals surface area contributed by atoms with Crippen LogP contribution in [0.25, 0.3) is 0 Å². The van der Waals surface area contributed by atoms with Crippen molar-refractivity contribution in [3.8, 4) is 0 Å². The van der Waals surface area contributed by atoms with Gasteiger partial charge in [-0.3, -0.25) is 4.79 Å². The van der Waals surface area contributed by atoms with Gasteiger partial charge in [0.15, 0.2) is 6.61 Å². The molecular formula is C19H23NO4. The number of hydrogen-bond acceptors (Lipinski definition) is 4. The van der Waals surface area contributed by atoms with Crippen LogP contribution in [0.4, 0.5) is 0 Å². The largest absolute Gasteiger partial charge is 0.469 e. The maximum Gasteiger partial charge on any atom is 0.342 e. The molecule has 0 radical (unpaired) electrons. The van der Waals surface area contributed by atoms with Crippen molar-refractivity contribution in [3.63, 3.8) is 0 Å². The SMILES string of the molecule is Cc1occc1C(=O)OCC(=O)NCCc1ccc(C(C)C)cc1. The summed E-state index contributed by atoms with van der Waals surface area (Å²) in [6.45, 7) is 6.18. The Balaban J connectivity index is 1.70. The number of carbonyl (C=O) groups is 2. The van der Waals surface area contributed by atoms with Crippen molar-refractivity contribution in [2.45, 2.75) is 33.1 Å². The van der Waals surface area contributed by atoms with Crippen LogP contribution in [-0.2, 0) is 16.0 Å². The van der Waals surface area contributed by atoms with Crippen molar-refractivity contribution in [1.82, 2.24) is 5.32 Å². The Bertz CT molecular complexity index is 686. The highest BCUT2D eigenvalue weighted by molar-refractivity contribution is 5.92. The first kappa shape index (κ1) is 17.8. The summed E-state index contributed by atoms with van der Waals surface area (Å²) < 4.78 is 9.99. The van der Waals surface area contributed by atoms with E-state index in [1.54, 1.807) is 6.92 Å². The highest BCUT2D eigenvalue weighted by Crippen LogP contribution is 2.14. The zero-order valence-electron chi connectivity index (χ0n) is 14.3. The standard InChI is InChI=1S/C19H23NO4/c1-13(2)16-6-4-15(5-7-16)8-10-20-18(21)12-24-19(22)17-9-11-23-14(17)3/h4-7,9,11,13H,8,10,12H2,1-3H3,(H,20,21). The quantitative estimate of drug-likeness (QED) is 0.792. The van der Waals surface area contributed by atoms with Crippen molar-refractivity contribution in [2.24, 2.45) is 0 Å². The summed E-state index contributed by atoms with van der Waals surface area (Å²) in [5, 5.41) is 2.74. The second kappa shape index (κ2) is 8.34. The molecule has 1 N–H and O–H groups in total. The highest BCUT2D eigenvalue weighted by Gasteiger charge is 2.14. The molecule has 0 aliphatic carbocycles. The lowest BCUT2D eigenvalue weighted by Crippen LogP contribution is -2.30. The van der Waals surface area contributed by atoms with Gasteiger partial charge in [-0.25, -0.2) is 4.79 Å². The molecule has 2 aromatic rings. The normalized spacial score (nSPS) is 10.7. The van der Waals surface area contributed by atoms with E-state index in [4.69, 9.17) is 9.15 Å². The van der Waals surface area contributed by atoms with Gasteiger partial charge in [-0.05, 0) is 36.5 Å². The third-order valence-electron chi connectivity index (χ3n) is 3.80. The number of amides is 1. The molecule has 128 valence electrons. The Kier molecular flexibility index (Phi) is 6.18. The zero-order valence-corrected chi connectivity index (χ0v) is 14.3. The lowest BCUT2D eigenvalue weighted by atomic mass is 10.0. The van der Waals surface area contributed by atoms with Crippen LogP contribution < -0.4 is 5.32 Å². The van der Waals surface area contributed by atoms with Gasteiger partial charge in [0.2, 0.25) is 0 Å². The summed E-state index contributed by atoms with van der Waals surface area (Å²) in [7, 11) is 0. The van der Waals surface area contributed by atoms with Gasteiger partial charge < -0.3 is 14.5 Å². The Labute approximate surface area is 142 Å². The first-order valence-corrected chi connectivity index (χ1v) is 8.04. The number of nitrogens with one attached hydrogen (secondary N) is 1. The lowest BCUT2D eigenvalue weighted by molar-refractivity contribution is -0.124. The minimum Gasteiger partial charge on any atom is -0.469 e. The number of carbonyl (C=O) groups excluding carboxylic acids is 2. The average molecular weight is 329 g/mol. The van der Waals surface area contributed by atoms with E-state index >= 15 is 0 Å². The van der Waals surface area contributed by atoms with E-state index in [0.717, 1.165) is 12.0 Å². The van der Waals surface area contributed by atoms with Gasteiger partial charge in [0, 0.05) is 6.54 Å². The molecule has 24 heavy (non-hydrogen) atoms. The summed E-state index contributed by atoms with van der Waals surface area (Å²) in [6.07, 6.45) is 2.15. The number of ether oxygens (including phenoxy) is 1. The number of rotatable bonds is 7. The third-order valence-corrected chi connectivity index (χ3v) is 3.80. The molecule has 0 spiro atoms. The number of furan rings is 1. The molecule has 1 aromatic carbocycles. The smallest absolute Gasteiger partial charge is 0.342 e. The van der Waals surface area contributed by atoms with E-state index in [2.05, 4.69) is 43.4 Å². The van der Waals surface area contributed by atoms with Crippen LogP contribution in [0.2, 0.25) is 0 Å². The molecule has 1 amide bonds. The van der Waals surface area contributed by atoms with E-state index in [-0.39, 0.29) is 12.5 Å². The second-order valence-corrected chi connectivity index (χ2v) is 5.96. The fraction of sp³-hybridized carbons (Fsp3) is 0.368. The van der Waals surface area contributed by atoms with Crippen LogP contribution in [0.1, 0.15) is 47.0 Å². The molecule has 1 aromatic heterocycles. The van der Waals surface area contributed by atoms with Crippen molar-refractivity contribution in [1.29, 1.82) is 0 Å². The van der Waals surface area contributed by atoms with Gasteiger partial charge in [0.25, 0.3) is 5.91 Å². The Morgan fingerprint density at radius 2 is 1.88 bits per heavy atom. The monoisotopic (exact) mass is 329 g/mol. The maximum atomic E-state index is 11.8. The first-order valence-electron chi connectivity index (χ1n) is 8.04. The third kappa shape index (κ3) is 4.98. The fourth-order valence-corrected chi connectivity index (χ4v) is 2.27. The average Bonchev–Trinajstić information content (AvgIpc) is 2.99. The lowest BCUT2D eigenvalue weighted by Gasteiger charge is -2.08. The van der Waals surface area contributed by atoms with Crippen LogP contribution in [0.3, 0.4) is 0 Å². The predicted octanol–water partition coefficient (Wildman–Crippen LogP) is 3.23. The summed E-state index contributed by atoms with van der Waals surface area (Å²) in [5.41, 5.74) is 2.79. The van der Waals surface area contributed by atoms with Gasteiger partial charge in [-0.15, -0.1) is 0 Å². The topological polar surface area (TPSA) is 68.5 Å². The summed E-state index contributed by atoms with van der Waals surface area (Å²) >= 11 is 0. The van der Waals surface area contributed by atoms with Gasteiger partial charge in [0.1, 0.15) is 11.3 Å². The minimum atomic E-state index is -0.555. The number of esters is 1. The zero-order chi connectivity index (χ0) is 17.5. The number of aryl methyl sites for hydroxylation is 1. The van der Waals surface area contributed by atoms with Crippen molar-refractivity contribution in [2.75, 3.05) is 13.2 Å². The summed E-state index contributed by atoms with van der Waals surface area (Å²) in [6, 6.07) is 9.89. The molecule has 0 atom stereocenters. The number of hydrogen-bond donors (Lipinski definition) is 1. The van der Waals surface area contributed by atoms with Gasteiger partial charge >= 0.3 is 5.97 Å². The molecular weight excluding hydrogens is 306 g/mol. The molecule has 5 heteroatoms. The molecule has 0 aliphatic heterocycles. The molecule has 0 saturated heterocycles. The van der Waals surface area contributed by atoms with Crippen LogP contribution in [0.15, 0.2) is 41.0 Å². The van der Waals surface area contributed by atoms with Crippen LogP contribution in [0.5, 0.6) is 0 Å².